The van der Waals surface area contributed by atoms with Gasteiger partial charge in [-0.05, 0) is 49.8 Å². The third-order valence-corrected chi connectivity index (χ3v) is 6.81. The minimum Gasteiger partial charge on any atom is -0.354 e. The first-order chi connectivity index (χ1) is 13.2. The second kappa shape index (κ2) is 8.83. The highest BCUT2D eigenvalue weighted by Crippen LogP contribution is 2.41. The van der Waals surface area contributed by atoms with Gasteiger partial charge in [0.1, 0.15) is 0 Å². The number of likely N-dealkylation sites (tertiary alicyclic amines) is 1. The Morgan fingerprint density at radius 1 is 1.07 bits per heavy atom. The Balaban J connectivity index is 1.22. The zero-order valence-corrected chi connectivity index (χ0v) is 17.2. The highest BCUT2D eigenvalue weighted by molar-refractivity contribution is 6.30. The first-order valence-electron chi connectivity index (χ1n) is 10.7. The van der Waals surface area contributed by atoms with E-state index >= 15 is 0 Å². The monoisotopic (exact) mass is 388 g/mol. The SMILES string of the molecule is CN=C(NC1CCN(C2CCCCC2)CC1)NC1CC1c1cccc(Cl)c1. The Kier molecular flexibility index (Phi) is 6.24. The predicted molar refractivity (Wildman–Crippen MR) is 114 cm³/mol. The molecule has 1 aromatic rings. The Labute approximate surface area is 168 Å². The summed E-state index contributed by atoms with van der Waals surface area (Å²) in [5, 5.41) is 8.11. The molecule has 1 saturated heterocycles. The van der Waals surface area contributed by atoms with Crippen LogP contribution in [0, 0.1) is 0 Å². The van der Waals surface area contributed by atoms with Crippen molar-refractivity contribution in [3.8, 4) is 0 Å². The van der Waals surface area contributed by atoms with Crippen LogP contribution in [0.25, 0.3) is 0 Å². The number of nitrogens with zero attached hydrogens (tertiary/aromatic N) is 2. The number of rotatable bonds is 4. The molecule has 0 spiro atoms. The van der Waals surface area contributed by atoms with Crippen LogP contribution in [0.2, 0.25) is 5.02 Å². The summed E-state index contributed by atoms with van der Waals surface area (Å²) in [4.78, 5) is 7.21. The maximum atomic E-state index is 6.13. The third kappa shape index (κ3) is 4.97. The standard InChI is InChI=1S/C22H33ClN4/c1-24-22(26-21-15-20(21)16-6-5-7-17(23)14-16)25-18-10-12-27(13-11-18)19-8-3-2-4-9-19/h5-7,14,18-21H,2-4,8-13,15H2,1H3,(H2,24,25,26). The Morgan fingerprint density at radius 3 is 2.56 bits per heavy atom. The van der Waals surface area contributed by atoms with E-state index in [1.165, 1.54) is 63.6 Å². The van der Waals surface area contributed by atoms with E-state index in [1.54, 1.807) is 0 Å². The molecule has 2 saturated carbocycles. The van der Waals surface area contributed by atoms with Crippen molar-refractivity contribution in [3.05, 3.63) is 34.9 Å². The quantitative estimate of drug-likeness (QED) is 0.601. The number of piperidine rings is 1. The molecule has 2 atom stereocenters. The van der Waals surface area contributed by atoms with Gasteiger partial charge in [-0.3, -0.25) is 4.99 Å². The lowest BCUT2D eigenvalue weighted by Gasteiger charge is -2.39. The zero-order valence-electron chi connectivity index (χ0n) is 16.5. The number of hydrogen-bond donors (Lipinski definition) is 2. The molecule has 4 nitrogen and oxygen atoms in total. The molecule has 148 valence electrons. The summed E-state index contributed by atoms with van der Waals surface area (Å²) in [6.45, 7) is 2.46. The van der Waals surface area contributed by atoms with Crippen LogP contribution in [0.15, 0.2) is 29.3 Å². The molecule has 0 amide bonds. The minimum atomic E-state index is 0.469. The fraction of sp³-hybridized carbons (Fsp3) is 0.682. The van der Waals surface area contributed by atoms with Gasteiger partial charge in [-0.1, -0.05) is 43.0 Å². The average molecular weight is 389 g/mol. The third-order valence-electron chi connectivity index (χ3n) is 6.57. The van der Waals surface area contributed by atoms with Crippen molar-refractivity contribution in [3.63, 3.8) is 0 Å². The van der Waals surface area contributed by atoms with Crippen LogP contribution in [0.4, 0.5) is 0 Å². The van der Waals surface area contributed by atoms with Crippen molar-refractivity contribution in [2.75, 3.05) is 20.1 Å². The van der Waals surface area contributed by atoms with Crippen LogP contribution >= 0.6 is 11.6 Å². The molecule has 1 heterocycles. The summed E-state index contributed by atoms with van der Waals surface area (Å²) in [6.07, 6.45) is 10.7. The molecule has 2 aliphatic carbocycles. The lowest BCUT2D eigenvalue weighted by Crippen LogP contribution is -2.51. The van der Waals surface area contributed by atoms with E-state index in [1.807, 2.05) is 19.2 Å². The molecule has 1 aliphatic heterocycles. The first kappa shape index (κ1) is 19.1. The maximum absolute atomic E-state index is 6.13. The molecule has 2 unspecified atom stereocenters. The van der Waals surface area contributed by atoms with Crippen molar-refractivity contribution in [1.29, 1.82) is 0 Å². The van der Waals surface area contributed by atoms with Gasteiger partial charge in [-0.2, -0.15) is 0 Å². The molecule has 2 N–H and O–H groups in total. The van der Waals surface area contributed by atoms with Gasteiger partial charge < -0.3 is 15.5 Å². The van der Waals surface area contributed by atoms with Crippen LogP contribution in [0.1, 0.15) is 62.8 Å². The molecule has 0 aromatic heterocycles. The van der Waals surface area contributed by atoms with E-state index in [0.29, 0.717) is 18.0 Å². The summed E-state index contributed by atoms with van der Waals surface area (Å²) in [7, 11) is 1.88. The number of hydrogen-bond acceptors (Lipinski definition) is 2. The van der Waals surface area contributed by atoms with Crippen LogP contribution in [0.5, 0.6) is 0 Å². The summed E-state index contributed by atoms with van der Waals surface area (Å²) in [5.41, 5.74) is 1.33. The maximum Gasteiger partial charge on any atom is 0.191 e. The van der Waals surface area contributed by atoms with Gasteiger partial charge in [0.05, 0.1) is 0 Å². The minimum absolute atomic E-state index is 0.469. The molecule has 3 aliphatic rings. The normalized spacial score (nSPS) is 28.1. The van der Waals surface area contributed by atoms with Crippen LogP contribution in [-0.2, 0) is 0 Å². The number of guanidine groups is 1. The van der Waals surface area contributed by atoms with Crippen molar-refractivity contribution >= 4 is 17.6 Å². The Bertz CT molecular complexity index is 647. The Morgan fingerprint density at radius 2 is 1.85 bits per heavy atom. The molecule has 0 radical (unpaired) electrons. The fourth-order valence-corrected chi connectivity index (χ4v) is 5.05. The van der Waals surface area contributed by atoms with E-state index in [4.69, 9.17) is 11.6 Å². The largest absolute Gasteiger partial charge is 0.354 e. The molecule has 0 bridgehead atoms. The Hall–Kier alpha value is -1.26. The van der Waals surface area contributed by atoms with Gasteiger partial charge in [0.15, 0.2) is 5.96 Å². The van der Waals surface area contributed by atoms with E-state index in [-0.39, 0.29) is 0 Å². The van der Waals surface area contributed by atoms with Gasteiger partial charge in [0.2, 0.25) is 0 Å². The zero-order chi connectivity index (χ0) is 18.6. The van der Waals surface area contributed by atoms with Gasteiger partial charge in [0, 0.05) is 49.2 Å². The smallest absolute Gasteiger partial charge is 0.191 e. The van der Waals surface area contributed by atoms with E-state index in [9.17, 15) is 0 Å². The second-order valence-electron chi connectivity index (χ2n) is 8.47. The topological polar surface area (TPSA) is 39.7 Å². The van der Waals surface area contributed by atoms with Crippen molar-refractivity contribution < 1.29 is 0 Å². The fourth-order valence-electron chi connectivity index (χ4n) is 4.86. The summed E-state index contributed by atoms with van der Waals surface area (Å²) in [5.74, 6) is 1.51. The highest BCUT2D eigenvalue weighted by Gasteiger charge is 2.39. The van der Waals surface area contributed by atoms with Gasteiger partial charge in [-0.25, -0.2) is 0 Å². The lowest BCUT2D eigenvalue weighted by molar-refractivity contribution is 0.119. The average Bonchev–Trinajstić information content (AvgIpc) is 3.48. The second-order valence-corrected chi connectivity index (χ2v) is 8.90. The summed E-state index contributed by atoms with van der Waals surface area (Å²) < 4.78 is 0. The van der Waals surface area contributed by atoms with Gasteiger partial charge >= 0.3 is 0 Å². The van der Waals surface area contributed by atoms with Crippen molar-refractivity contribution in [1.82, 2.24) is 15.5 Å². The van der Waals surface area contributed by atoms with Gasteiger partial charge in [-0.15, -0.1) is 0 Å². The number of benzene rings is 1. The van der Waals surface area contributed by atoms with Crippen molar-refractivity contribution in [2.45, 2.75) is 75.4 Å². The number of nitrogens with one attached hydrogen (secondary N) is 2. The van der Waals surface area contributed by atoms with E-state index in [2.05, 4.69) is 32.7 Å². The molecular formula is C22H33ClN4. The molecule has 3 fully saturated rings. The number of aliphatic imine (C=N–C) groups is 1. The summed E-state index contributed by atoms with van der Waals surface area (Å²) in [6, 6.07) is 10.1. The predicted octanol–water partition coefficient (Wildman–Crippen LogP) is 4.16. The molecule has 1 aromatic carbocycles. The van der Waals surface area contributed by atoms with E-state index < -0.39 is 0 Å². The molecule has 5 heteroatoms. The first-order valence-corrected chi connectivity index (χ1v) is 11.1. The van der Waals surface area contributed by atoms with Crippen LogP contribution < -0.4 is 10.6 Å². The summed E-state index contributed by atoms with van der Waals surface area (Å²) >= 11 is 6.13. The van der Waals surface area contributed by atoms with Crippen molar-refractivity contribution in [2.24, 2.45) is 4.99 Å². The number of halogens is 1. The molecule has 27 heavy (non-hydrogen) atoms. The van der Waals surface area contributed by atoms with Crippen LogP contribution in [0.3, 0.4) is 0 Å². The van der Waals surface area contributed by atoms with Crippen LogP contribution in [-0.4, -0.2) is 49.1 Å². The lowest BCUT2D eigenvalue weighted by atomic mass is 9.92. The van der Waals surface area contributed by atoms with Gasteiger partial charge in [0.25, 0.3) is 0 Å². The highest BCUT2D eigenvalue weighted by atomic mass is 35.5. The molecular weight excluding hydrogens is 356 g/mol. The van der Waals surface area contributed by atoms with E-state index in [0.717, 1.165) is 23.4 Å². The molecule has 4 rings (SSSR count).